The molecular weight excluding hydrogens is 281 g/mol. The highest BCUT2D eigenvalue weighted by Gasteiger charge is 2.26. The van der Waals surface area contributed by atoms with Crippen LogP contribution in [0.5, 0.6) is 0 Å². The van der Waals surface area contributed by atoms with E-state index in [1.807, 2.05) is 35.0 Å². The van der Waals surface area contributed by atoms with E-state index in [1.165, 1.54) is 0 Å². The smallest absolute Gasteiger partial charge is 0.137 e. The zero-order chi connectivity index (χ0) is 16.0. The maximum Gasteiger partial charge on any atom is 0.137 e. The molecule has 110 valence electrons. The summed E-state index contributed by atoms with van der Waals surface area (Å²) in [7, 11) is 2.14. The van der Waals surface area contributed by atoms with Crippen molar-refractivity contribution in [2.75, 3.05) is 0 Å². The van der Waals surface area contributed by atoms with E-state index < -0.39 is 0 Å². The van der Waals surface area contributed by atoms with Crippen LogP contribution in [0.1, 0.15) is 25.0 Å². The van der Waals surface area contributed by atoms with E-state index in [0.29, 0.717) is 0 Å². The van der Waals surface area contributed by atoms with Crippen LogP contribution in [0.15, 0.2) is 48.5 Å². The molecule has 0 radical (unpaired) electrons. The van der Waals surface area contributed by atoms with Crippen LogP contribution in [0.4, 0.5) is 0 Å². The molecule has 0 saturated carbocycles. The lowest BCUT2D eigenvalue weighted by Gasteiger charge is -2.23. The van der Waals surface area contributed by atoms with Crippen LogP contribution in [0.25, 0.3) is 22.5 Å². The first-order valence-corrected chi connectivity index (χ1v) is 7.73. The standard InChI is InChI=1S/C19H16BN3/c1-19(2,20)23-18-16-10-6-4-8-14(16)12-11-13-7-3-5-9-15(13)17(18)21-22-23/h3-10H,20H2,1-2H3. The third-order valence-electron chi connectivity index (χ3n) is 4.00. The first-order valence-electron chi connectivity index (χ1n) is 7.73. The minimum absolute atomic E-state index is 0.157. The summed E-state index contributed by atoms with van der Waals surface area (Å²) in [5.41, 5.74) is 5.91. The van der Waals surface area contributed by atoms with E-state index in [0.717, 1.165) is 33.6 Å². The van der Waals surface area contributed by atoms with Gasteiger partial charge in [0.2, 0.25) is 0 Å². The predicted molar refractivity (Wildman–Crippen MR) is 94.7 cm³/mol. The molecule has 0 amide bonds. The van der Waals surface area contributed by atoms with E-state index >= 15 is 0 Å². The van der Waals surface area contributed by atoms with Crippen molar-refractivity contribution in [3.05, 3.63) is 59.7 Å². The Kier molecular flexibility index (Phi) is 2.92. The van der Waals surface area contributed by atoms with E-state index in [1.54, 1.807) is 0 Å². The van der Waals surface area contributed by atoms with Gasteiger partial charge in [0.1, 0.15) is 13.5 Å². The van der Waals surface area contributed by atoms with Crippen molar-refractivity contribution in [1.29, 1.82) is 0 Å². The highest BCUT2D eigenvalue weighted by molar-refractivity contribution is 6.13. The molecule has 3 nitrogen and oxygen atoms in total. The number of hydrogen-bond donors (Lipinski definition) is 0. The summed E-state index contributed by atoms with van der Waals surface area (Å²) in [6.07, 6.45) is 0. The SMILES string of the molecule is BC(C)(C)n1nnc2c1-c1ccccc1C#Cc1ccccc1-2. The van der Waals surface area contributed by atoms with Crippen molar-refractivity contribution in [1.82, 2.24) is 15.0 Å². The Balaban J connectivity index is 2.15. The van der Waals surface area contributed by atoms with Gasteiger partial charge < -0.3 is 0 Å². The summed E-state index contributed by atoms with van der Waals surface area (Å²) in [4.78, 5) is 0. The fraction of sp³-hybridized carbons (Fsp3) is 0.158. The Morgan fingerprint density at radius 1 is 0.913 bits per heavy atom. The van der Waals surface area contributed by atoms with Gasteiger partial charge in [-0.15, -0.1) is 5.10 Å². The minimum atomic E-state index is -0.157. The third-order valence-corrected chi connectivity index (χ3v) is 4.00. The number of aromatic nitrogens is 3. The van der Waals surface area contributed by atoms with Gasteiger partial charge in [0.15, 0.2) is 0 Å². The summed E-state index contributed by atoms with van der Waals surface area (Å²) < 4.78 is 2.00. The first kappa shape index (κ1) is 13.8. The predicted octanol–water partition coefficient (Wildman–Crippen LogP) is 2.65. The van der Waals surface area contributed by atoms with Crippen LogP contribution in [0.3, 0.4) is 0 Å². The quantitative estimate of drug-likeness (QED) is 0.399. The Hall–Kier alpha value is -2.80. The van der Waals surface area contributed by atoms with Crippen LogP contribution in [0, 0.1) is 11.8 Å². The minimum Gasteiger partial charge on any atom is -0.247 e. The van der Waals surface area contributed by atoms with Gasteiger partial charge in [0, 0.05) is 27.7 Å². The molecule has 0 saturated heterocycles. The lowest BCUT2D eigenvalue weighted by molar-refractivity contribution is 0.456. The Morgan fingerprint density at radius 3 is 2.13 bits per heavy atom. The second kappa shape index (κ2) is 4.86. The molecule has 0 spiro atoms. The van der Waals surface area contributed by atoms with Crippen molar-refractivity contribution in [2.45, 2.75) is 19.3 Å². The molecule has 2 aromatic carbocycles. The zero-order valence-electron chi connectivity index (χ0n) is 13.5. The van der Waals surface area contributed by atoms with Crippen molar-refractivity contribution in [3.8, 4) is 34.4 Å². The van der Waals surface area contributed by atoms with Gasteiger partial charge >= 0.3 is 0 Å². The Morgan fingerprint density at radius 2 is 1.48 bits per heavy atom. The average molecular weight is 297 g/mol. The normalized spacial score (nSPS) is 12.1. The number of nitrogens with zero attached hydrogens (tertiary/aromatic N) is 3. The zero-order valence-corrected chi connectivity index (χ0v) is 13.5. The van der Waals surface area contributed by atoms with Gasteiger partial charge in [-0.25, -0.2) is 4.68 Å². The largest absolute Gasteiger partial charge is 0.247 e. The van der Waals surface area contributed by atoms with E-state index in [4.69, 9.17) is 0 Å². The topological polar surface area (TPSA) is 30.7 Å². The van der Waals surface area contributed by atoms with Crippen LogP contribution in [0.2, 0.25) is 0 Å². The summed E-state index contributed by atoms with van der Waals surface area (Å²) in [6.45, 7) is 4.28. The number of benzene rings is 2. The van der Waals surface area contributed by atoms with Crippen LogP contribution in [-0.4, -0.2) is 22.8 Å². The van der Waals surface area contributed by atoms with Crippen molar-refractivity contribution < 1.29 is 0 Å². The molecule has 3 aromatic rings. The fourth-order valence-corrected chi connectivity index (χ4v) is 2.91. The summed E-state index contributed by atoms with van der Waals surface area (Å²) in [6, 6.07) is 16.4. The molecule has 0 N–H and O–H groups in total. The molecule has 1 aromatic heterocycles. The summed E-state index contributed by atoms with van der Waals surface area (Å²) in [5.74, 6) is 6.59. The summed E-state index contributed by atoms with van der Waals surface area (Å²) >= 11 is 0. The van der Waals surface area contributed by atoms with Crippen LogP contribution in [-0.2, 0) is 5.44 Å². The maximum atomic E-state index is 4.51. The lowest BCUT2D eigenvalue weighted by atomic mass is 9.81. The van der Waals surface area contributed by atoms with Crippen LogP contribution >= 0.6 is 0 Å². The first-order chi connectivity index (χ1) is 11.1. The molecule has 0 atom stereocenters. The van der Waals surface area contributed by atoms with Crippen LogP contribution < -0.4 is 0 Å². The Bertz CT molecular complexity index is 968. The molecule has 0 fully saturated rings. The monoisotopic (exact) mass is 297 g/mol. The number of hydrogen-bond acceptors (Lipinski definition) is 2. The van der Waals surface area contributed by atoms with E-state index in [-0.39, 0.29) is 5.44 Å². The van der Waals surface area contributed by atoms with Gasteiger partial charge in [-0.3, -0.25) is 0 Å². The molecule has 1 aliphatic carbocycles. The second-order valence-corrected chi connectivity index (χ2v) is 6.71. The molecule has 0 unspecified atom stereocenters. The Labute approximate surface area is 136 Å². The van der Waals surface area contributed by atoms with Crippen molar-refractivity contribution >= 4 is 7.85 Å². The molecule has 4 rings (SSSR count). The second-order valence-electron chi connectivity index (χ2n) is 6.71. The van der Waals surface area contributed by atoms with Crippen molar-refractivity contribution in [3.63, 3.8) is 0 Å². The number of rotatable bonds is 1. The van der Waals surface area contributed by atoms with Gasteiger partial charge in [0.05, 0.1) is 5.69 Å². The van der Waals surface area contributed by atoms with Gasteiger partial charge in [-0.1, -0.05) is 53.5 Å². The molecule has 0 aliphatic heterocycles. The lowest BCUT2D eigenvalue weighted by Crippen LogP contribution is -2.28. The molecule has 0 bridgehead atoms. The van der Waals surface area contributed by atoms with Crippen molar-refractivity contribution in [2.24, 2.45) is 0 Å². The average Bonchev–Trinajstić information content (AvgIpc) is 2.96. The molecular formula is C19H16BN3. The van der Waals surface area contributed by atoms with Gasteiger partial charge in [-0.2, -0.15) is 0 Å². The molecule has 4 heteroatoms. The molecule has 23 heavy (non-hydrogen) atoms. The fourth-order valence-electron chi connectivity index (χ4n) is 2.91. The third kappa shape index (κ3) is 2.17. The maximum absolute atomic E-state index is 4.51. The van der Waals surface area contributed by atoms with E-state index in [9.17, 15) is 0 Å². The van der Waals surface area contributed by atoms with Gasteiger partial charge in [-0.05, 0) is 26.0 Å². The van der Waals surface area contributed by atoms with Gasteiger partial charge in [0.25, 0.3) is 0 Å². The number of fused-ring (bicyclic) bond motifs is 5. The molecule has 1 heterocycles. The molecule has 1 aliphatic rings. The summed E-state index contributed by atoms with van der Waals surface area (Å²) in [5, 5.41) is 8.97. The van der Waals surface area contributed by atoms with E-state index in [2.05, 4.69) is 62.0 Å². The highest BCUT2D eigenvalue weighted by Crippen LogP contribution is 2.36. The highest BCUT2D eigenvalue weighted by atomic mass is 15.5.